The fraction of sp³-hybridized carbons (Fsp3) is 0.222. The standard InChI is InChI=1S/C18H19N7O7S/c1-4-32-16(26)11-10-20-24-15(11)33(28,29)25(12-7-5-6-8-19-12)18(27)23-17-21-13(30-2)9-14(22-17)31-3/h5-10H,4H2,1-3H3,(H,20,24)(H,21,22,23,27). The smallest absolute Gasteiger partial charge is 0.344 e. The Hall–Kier alpha value is -4.27. The van der Waals surface area contributed by atoms with Crippen molar-refractivity contribution in [1.29, 1.82) is 0 Å². The van der Waals surface area contributed by atoms with Crippen LogP contribution in [0.1, 0.15) is 17.3 Å². The molecule has 2 N–H and O–H groups in total. The molecule has 0 aliphatic heterocycles. The van der Waals surface area contributed by atoms with Crippen LogP contribution in [0.3, 0.4) is 0 Å². The summed E-state index contributed by atoms with van der Waals surface area (Å²) in [5.74, 6) is -1.39. The van der Waals surface area contributed by atoms with E-state index in [0.29, 0.717) is 4.31 Å². The second-order valence-corrected chi connectivity index (χ2v) is 7.72. The number of hydrogen-bond acceptors (Lipinski definition) is 11. The summed E-state index contributed by atoms with van der Waals surface area (Å²) in [6, 6.07) is 4.45. The van der Waals surface area contributed by atoms with Gasteiger partial charge in [0, 0.05) is 6.20 Å². The highest BCUT2D eigenvalue weighted by molar-refractivity contribution is 7.93. The van der Waals surface area contributed by atoms with Crippen LogP contribution in [0.5, 0.6) is 11.8 Å². The summed E-state index contributed by atoms with van der Waals surface area (Å²) >= 11 is 0. The molecule has 15 heteroatoms. The van der Waals surface area contributed by atoms with E-state index in [2.05, 4.69) is 30.5 Å². The molecule has 0 bridgehead atoms. The first-order valence-electron chi connectivity index (χ1n) is 9.26. The number of rotatable bonds is 8. The van der Waals surface area contributed by atoms with Gasteiger partial charge in [-0.15, -0.1) is 0 Å². The van der Waals surface area contributed by atoms with Crippen molar-refractivity contribution in [3.63, 3.8) is 0 Å². The van der Waals surface area contributed by atoms with Gasteiger partial charge in [-0.3, -0.25) is 10.4 Å². The quantitative estimate of drug-likeness (QED) is 0.445. The molecular weight excluding hydrogens is 458 g/mol. The van der Waals surface area contributed by atoms with Gasteiger partial charge in [0.1, 0.15) is 5.56 Å². The number of carbonyl (C=O) groups excluding carboxylic acids is 2. The minimum Gasteiger partial charge on any atom is -0.481 e. The molecule has 0 atom stereocenters. The van der Waals surface area contributed by atoms with E-state index < -0.39 is 27.0 Å². The number of aromatic amines is 1. The molecule has 0 aromatic carbocycles. The van der Waals surface area contributed by atoms with Crippen molar-refractivity contribution in [3.05, 3.63) is 42.2 Å². The van der Waals surface area contributed by atoms with Gasteiger partial charge in [0.15, 0.2) is 10.8 Å². The van der Waals surface area contributed by atoms with E-state index in [4.69, 9.17) is 14.2 Å². The second kappa shape index (κ2) is 9.90. The van der Waals surface area contributed by atoms with E-state index in [1.54, 1.807) is 6.92 Å². The van der Waals surface area contributed by atoms with E-state index in [-0.39, 0.29) is 35.7 Å². The number of urea groups is 1. The van der Waals surface area contributed by atoms with Crippen LogP contribution in [0.4, 0.5) is 16.6 Å². The van der Waals surface area contributed by atoms with E-state index in [1.807, 2.05) is 0 Å². The molecule has 0 saturated carbocycles. The Kier molecular flexibility index (Phi) is 7.02. The molecule has 2 amide bonds. The number of aromatic nitrogens is 5. The van der Waals surface area contributed by atoms with Crippen molar-refractivity contribution >= 4 is 33.8 Å². The fourth-order valence-electron chi connectivity index (χ4n) is 2.54. The zero-order chi connectivity index (χ0) is 24.0. The van der Waals surface area contributed by atoms with Gasteiger partial charge in [-0.05, 0) is 19.1 Å². The zero-order valence-electron chi connectivity index (χ0n) is 17.7. The lowest BCUT2D eigenvalue weighted by molar-refractivity contribution is 0.0521. The number of pyridine rings is 1. The molecule has 0 saturated heterocycles. The molecular formula is C18H19N7O7S. The van der Waals surface area contributed by atoms with Crippen molar-refractivity contribution in [2.24, 2.45) is 0 Å². The molecule has 33 heavy (non-hydrogen) atoms. The third kappa shape index (κ3) is 4.98. The summed E-state index contributed by atoms with van der Waals surface area (Å²) in [6.07, 6.45) is 2.27. The van der Waals surface area contributed by atoms with Crippen molar-refractivity contribution in [1.82, 2.24) is 25.1 Å². The van der Waals surface area contributed by atoms with Crippen LogP contribution in [-0.4, -0.2) is 66.4 Å². The lowest BCUT2D eigenvalue weighted by Crippen LogP contribution is -2.41. The number of H-pyrrole nitrogens is 1. The van der Waals surface area contributed by atoms with Gasteiger partial charge < -0.3 is 14.2 Å². The highest BCUT2D eigenvalue weighted by Crippen LogP contribution is 2.25. The highest BCUT2D eigenvalue weighted by atomic mass is 32.2. The molecule has 174 valence electrons. The van der Waals surface area contributed by atoms with Gasteiger partial charge in [0.2, 0.25) is 17.7 Å². The van der Waals surface area contributed by atoms with Crippen LogP contribution in [0.25, 0.3) is 0 Å². The first-order chi connectivity index (χ1) is 15.8. The van der Waals surface area contributed by atoms with Gasteiger partial charge in [0.25, 0.3) is 10.0 Å². The summed E-state index contributed by atoms with van der Waals surface area (Å²) in [5.41, 5.74) is -0.384. The Labute approximate surface area is 188 Å². The molecule has 3 aromatic heterocycles. The van der Waals surface area contributed by atoms with Crippen LogP contribution in [-0.2, 0) is 14.8 Å². The van der Waals surface area contributed by atoms with Gasteiger partial charge in [-0.25, -0.2) is 14.6 Å². The summed E-state index contributed by atoms with van der Waals surface area (Å²) < 4.78 is 42.2. The van der Waals surface area contributed by atoms with Gasteiger partial charge >= 0.3 is 12.0 Å². The van der Waals surface area contributed by atoms with E-state index in [1.165, 1.54) is 44.7 Å². The van der Waals surface area contributed by atoms with Crippen LogP contribution in [0.15, 0.2) is 41.7 Å². The van der Waals surface area contributed by atoms with Gasteiger partial charge in [-0.2, -0.15) is 27.8 Å². The van der Waals surface area contributed by atoms with Crippen LogP contribution in [0.2, 0.25) is 0 Å². The maximum Gasteiger partial charge on any atom is 0.344 e. The average Bonchev–Trinajstić information content (AvgIpc) is 3.31. The largest absolute Gasteiger partial charge is 0.481 e. The minimum atomic E-state index is -4.73. The Balaban J connectivity index is 2.06. The molecule has 0 aliphatic rings. The number of sulfonamides is 1. The monoisotopic (exact) mass is 477 g/mol. The van der Waals surface area contributed by atoms with E-state index in [9.17, 15) is 18.0 Å². The third-order valence-corrected chi connectivity index (χ3v) is 5.62. The first-order valence-corrected chi connectivity index (χ1v) is 10.7. The zero-order valence-corrected chi connectivity index (χ0v) is 18.5. The van der Waals surface area contributed by atoms with E-state index >= 15 is 0 Å². The Morgan fingerprint density at radius 3 is 2.42 bits per heavy atom. The van der Waals surface area contributed by atoms with Crippen LogP contribution >= 0.6 is 0 Å². The summed E-state index contributed by atoms with van der Waals surface area (Å²) in [6.45, 7) is 1.56. The minimum absolute atomic E-state index is 0.00293. The predicted octanol–water partition coefficient (Wildman–Crippen LogP) is 1.22. The SMILES string of the molecule is CCOC(=O)c1cn[nH]c1S(=O)(=O)N(C(=O)Nc1nc(OC)cc(OC)n1)c1ccccn1. The number of nitrogens with one attached hydrogen (secondary N) is 2. The normalized spacial score (nSPS) is 10.9. The molecule has 0 unspecified atom stereocenters. The number of amides is 2. The average molecular weight is 477 g/mol. The summed E-state index contributed by atoms with van der Waals surface area (Å²) in [4.78, 5) is 37.2. The van der Waals surface area contributed by atoms with Crippen molar-refractivity contribution < 1.29 is 32.2 Å². The maximum absolute atomic E-state index is 13.5. The van der Waals surface area contributed by atoms with Crippen molar-refractivity contribution in [3.8, 4) is 11.8 Å². The number of methoxy groups -OCH3 is 2. The molecule has 3 aromatic rings. The van der Waals surface area contributed by atoms with Crippen molar-refractivity contribution in [2.75, 3.05) is 30.4 Å². The fourth-order valence-corrected chi connectivity index (χ4v) is 3.92. The first kappa shape index (κ1) is 23.4. The topological polar surface area (TPSA) is 179 Å². The highest BCUT2D eigenvalue weighted by Gasteiger charge is 2.37. The van der Waals surface area contributed by atoms with Crippen molar-refractivity contribution in [2.45, 2.75) is 11.9 Å². The maximum atomic E-state index is 13.5. The Morgan fingerprint density at radius 1 is 1.15 bits per heavy atom. The van der Waals surface area contributed by atoms with Gasteiger partial charge in [-0.1, -0.05) is 6.07 Å². The van der Waals surface area contributed by atoms with Crippen LogP contribution in [0, 0.1) is 0 Å². The predicted molar refractivity (Wildman–Crippen MR) is 113 cm³/mol. The molecule has 0 aliphatic carbocycles. The summed E-state index contributed by atoms with van der Waals surface area (Å²) in [7, 11) is -2.05. The molecule has 0 radical (unpaired) electrons. The number of anilines is 2. The molecule has 0 spiro atoms. The molecule has 14 nitrogen and oxygen atoms in total. The molecule has 3 rings (SSSR count). The number of carbonyl (C=O) groups is 2. The third-order valence-electron chi connectivity index (χ3n) is 3.96. The number of ether oxygens (including phenoxy) is 3. The van der Waals surface area contributed by atoms with E-state index in [0.717, 1.165) is 6.20 Å². The molecule has 3 heterocycles. The number of nitrogens with zero attached hydrogens (tertiary/aromatic N) is 5. The molecule has 0 fully saturated rings. The lowest BCUT2D eigenvalue weighted by Gasteiger charge is -2.21. The number of hydrogen-bond donors (Lipinski definition) is 2. The summed E-state index contributed by atoms with van der Waals surface area (Å²) in [5, 5.41) is 7.45. The Morgan fingerprint density at radius 2 is 1.85 bits per heavy atom. The number of esters is 1. The van der Waals surface area contributed by atoms with Crippen LogP contribution < -0.4 is 19.1 Å². The Bertz CT molecular complexity index is 1230. The lowest BCUT2D eigenvalue weighted by atomic mass is 10.4. The van der Waals surface area contributed by atoms with Gasteiger partial charge in [0.05, 0.1) is 33.1 Å². The second-order valence-electron chi connectivity index (χ2n) is 6.00.